The first-order chi connectivity index (χ1) is 10.3. The van der Waals surface area contributed by atoms with Crippen LogP contribution in [0.2, 0.25) is 0 Å². The SMILES string of the molecule is CCN1CCCC(NC2CC(C#N)(c3ccccc3)C2)C1. The predicted molar refractivity (Wildman–Crippen MR) is 85.0 cm³/mol. The third-order valence-electron chi connectivity index (χ3n) is 5.15. The van der Waals surface area contributed by atoms with Crippen LogP contribution in [0.5, 0.6) is 0 Å². The minimum Gasteiger partial charge on any atom is -0.310 e. The van der Waals surface area contributed by atoms with Gasteiger partial charge in [0.05, 0.1) is 11.5 Å². The van der Waals surface area contributed by atoms with Crippen LogP contribution < -0.4 is 5.32 Å². The van der Waals surface area contributed by atoms with Crippen LogP contribution in [-0.4, -0.2) is 36.6 Å². The second kappa shape index (κ2) is 6.17. The first-order valence-electron chi connectivity index (χ1n) is 8.21. The van der Waals surface area contributed by atoms with Crippen molar-refractivity contribution in [2.24, 2.45) is 0 Å². The maximum absolute atomic E-state index is 9.61. The highest BCUT2D eigenvalue weighted by Gasteiger charge is 2.46. The van der Waals surface area contributed by atoms with Crippen molar-refractivity contribution in [3.05, 3.63) is 35.9 Å². The normalized spacial score (nSPS) is 33.1. The molecule has 0 spiro atoms. The zero-order valence-corrected chi connectivity index (χ0v) is 12.9. The average Bonchev–Trinajstić information content (AvgIpc) is 2.51. The molecule has 1 N–H and O–H groups in total. The first-order valence-corrected chi connectivity index (χ1v) is 8.21. The van der Waals surface area contributed by atoms with E-state index in [9.17, 15) is 5.26 Å². The van der Waals surface area contributed by atoms with Gasteiger partial charge in [-0.3, -0.25) is 0 Å². The molecular formula is C18H25N3. The summed E-state index contributed by atoms with van der Waals surface area (Å²) in [5.41, 5.74) is 0.933. The van der Waals surface area contributed by atoms with Gasteiger partial charge in [-0.15, -0.1) is 0 Å². The van der Waals surface area contributed by atoms with Gasteiger partial charge in [0.15, 0.2) is 0 Å². The molecular weight excluding hydrogens is 258 g/mol. The molecule has 1 saturated carbocycles. The van der Waals surface area contributed by atoms with Gasteiger partial charge < -0.3 is 10.2 Å². The third kappa shape index (κ3) is 2.97. The van der Waals surface area contributed by atoms with E-state index < -0.39 is 0 Å². The van der Waals surface area contributed by atoms with Crippen LogP contribution >= 0.6 is 0 Å². The summed E-state index contributed by atoms with van der Waals surface area (Å²) in [5.74, 6) is 0. The topological polar surface area (TPSA) is 39.1 Å². The van der Waals surface area contributed by atoms with E-state index in [0.29, 0.717) is 12.1 Å². The standard InChI is InChI=1S/C18H25N3/c1-2-21-10-6-9-16(13-21)20-17-11-18(12-17,14-19)15-7-4-3-5-8-15/h3-5,7-8,16-17,20H,2,6,9-13H2,1H3. The van der Waals surface area contributed by atoms with Gasteiger partial charge in [0.2, 0.25) is 0 Å². The number of rotatable bonds is 4. The summed E-state index contributed by atoms with van der Waals surface area (Å²) >= 11 is 0. The fraction of sp³-hybridized carbons (Fsp3) is 0.611. The van der Waals surface area contributed by atoms with Gasteiger partial charge in [-0.1, -0.05) is 37.3 Å². The van der Waals surface area contributed by atoms with Crippen LogP contribution in [0.15, 0.2) is 30.3 Å². The number of piperidine rings is 1. The average molecular weight is 283 g/mol. The summed E-state index contributed by atoms with van der Waals surface area (Å²) in [5, 5.41) is 13.4. The summed E-state index contributed by atoms with van der Waals surface area (Å²) in [4.78, 5) is 2.52. The lowest BCUT2D eigenvalue weighted by atomic mass is 9.62. The van der Waals surface area contributed by atoms with Crippen LogP contribution in [0.1, 0.15) is 38.2 Å². The van der Waals surface area contributed by atoms with Gasteiger partial charge >= 0.3 is 0 Å². The maximum atomic E-state index is 9.61. The highest BCUT2D eigenvalue weighted by molar-refractivity contribution is 5.36. The molecule has 1 aliphatic heterocycles. The molecule has 0 amide bonds. The number of benzene rings is 1. The summed E-state index contributed by atoms with van der Waals surface area (Å²) < 4.78 is 0. The van der Waals surface area contributed by atoms with E-state index in [1.807, 2.05) is 18.2 Å². The van der Waals surface area contributed by atoms with E-state index >= 15 is 0 Å². The van der Waals surface area contributed by atoms with E-state index in [2.05, 4.69) is 35.3 Å². The van der Waals surface area contributed by atoms with Crippen molar-refractivity contribution in [1.29, 1.82) is 5.26 Å². The Kier molecular flexibility index (Phi) is 4.28. The molecule has 1 atom stereocenters. The molecule has 3 heteroatoms. The van der Waals surface area contributed by atoms with Crippen molar-refractivity contribution in [1.82, 2.24) is 10.2 Å². The number of hydrogen-bond acceptors (Lipinski definition) is 3. The van der Waals surface area contributed by atoms with Gasteiger partial charge in [0, 0.05) is 18.6 Å². The molecule has 1 aromatic carbocycles. The lowest BCUT2D eigenvalue weighted by Gasteiger charge is -2.46. The highest BCUT2D eigenvalue weighted by Crippen LogP contribution is 2.43. The number of nitrogens with one attached hydrogen (secondary N) is 1. The number of likely N-dealkylation sites (N-methyl/N-ethyl adjacent to an activating group) is 1. The molecule has 112 valence electrons. The minimum atomic E-state index is -0.252. The summed E-state index contributed by atoms with van der Waals surface area (Å²) in [7, 11) is 0. The fourth-order valence-electron chi connectivity index (χ4n) is 3.86. The predicted octanol–water partition coefficient (Wildman–Crippen LogP) is 2.68. The minimum absolute atomic E-state index is 0.252. The van der Waals surface area contributed by atoms with Gasteiger partial charge in [0.25, 0.3) is 0 Å². The summed E-state index contributed by atoms with van der Waals surface area (Å²) in [6.45, 7) is 5.79. The molecule has 0 aromatic heterocycles. The number of hydrogen-bond donors (Lipinski definition) is 1. The van der Waals surface area contributed by atoms with Crippen molar-refractivity contribution in [2.45, 2.75) is 50.1 Å². The molecule has 2 aliphatic rings. The Labute approximate surface area is 128 Å². The molecule has 2 fully saturated rings. The Hall–Kier alpha value is -1.37. The van der Waals surface area contributed by atoms with Crippen molar-refractivity contribution < 1.29 is 0 Å². The number of likely N-dealkylation sites (tertiary alicyclic amines) is 1. The molecule has 1 heterocycles. The molecule has 0 bridgehead atoms. The zero-order valence-electron chi connectivity index (χ0n) is 12.9. The highest BCUT2D eigenvalue weighted by atomic mass is 15.2. The Morgan fingerprint density at radius 1 is 1.29 bits per heavy atom. The maximum Gasteiger partial charge on any atom is 0.0852 e. The van der Waals surface area contributed by atoms with Crippen LogP contribution in [0.3, 0.4) is 0 Å². The van der Waals surface area contributed by atoms with Crippen LogP contribution in [0, 0.1) is 11.3 Å². The lowest BCUT2D eigenvalue weighted by Crippen LogP contribution is -2.57. The third-order valence-corrected chi connectivity index (χ3v) is 5.15. The molecule has 0 radical (unpaired) electrons. The second-order valence-electron chi connectivity index (χ2n) is 6.56. The smallest absolute Gasteiger partial charge is 0.0852 e. The molecule has 1 aromatic rings. The van der Waals surface area contributed by atoms with Crippen molar-refractivity contribution in [3.8, 4) is 6.07 Å². The molecule has 1 saturated heterocycles. The largest absolute Gasteiger partial charge is 0.310 e. The Bertz CT molecular complexity index is 499. The molecule has 3 nitrogen and oxygen atoms in total. The van der Waals surface area contributed by atoms with Gasteiger partial charge in [-0.2, -0.15) is 5.26 Å². The first kappa shape index (κ1) is 14.6. The summed E-state index contributed by atoms with van der Waals surface area (Å²) in [6.07, 6.45) is 4.48. The quantitative estimate of drug-likeness (QED) is 0.923. The Morgan fingerprint density at radius 2 is 2.05 bits per heavy atom. The number of nitrogens with zero attached hydrogens (tertiary/aromatic N) is 2. The van der Waals surface area contributed by atoms with Crippen LogP contribution in [0.25, 0.3) is 0 Å². The molecule has 1 aliphatic carbocycles. The van der Waals surface area contributed by atoms with Crippen molar-refractivity contribution in [2.75, 3.05) is 19.6 Å². The molecule has 3 rings (SSSR count). The lowest BCUT2D eigenvalue weighted by molar-refractivity contribution is 0.150. The summed E-state index contributed by atoms with van der Waals surface area (Å²) in [6, 6.07) is 14.0. The zero-order chi connectivity index (χ0) is 14.7. The van der Waals surface area contributed by atoms with Crippen molar-refractivity contribution >= 4 is 0 Å². The Balaban J connectivity index is 1.56. The Morgan fingerprint density at radius 3 is 2.71 bits per heavy atom. The molecule has 21 heavy (non-hydrogen) atoms. The van der Waals surface area contributed by atoms with Crippen LogP contribution in [-0.2, 0) is 5.41 Å². The van der Waals surface area contributed by atoms with Gasteiger partial charge in [0.1, 0.15) is 0 Å². The van der Waals surface area contributed by atoms with Crippen molar-refractivity contribution in [3.63, 3.8) is 0 Å². The van der Waals surface area contributed by atoms with E-state index in [1.54, 1.807) is 0 Å². The van der Waals surface area contributed by atoms with Gasteiger partial charge in [-0.25, -0.2) is 0 Å². The number of nitriles is 1. The second-order valence-corrected chi connectivity index (χ2v) is 6.56. The van der Waals surface area contributed by atoms with Gasteiger partial charge in [-0.05, 0) is 44.3 Å². The van der Waals surface area contributed by atoms with Crippen LogP contribution in [0.4, 0.5) is 0 Å². The van der Waals surface area contributed by atoms with E-state index in [4.69, 9.17) is 0 Å². The van der Waals surface area contributed by atoms with E-state index in [-0.39, 0.29) is 5.41 Å². The monoisotopic (exact) mass is 283 g/mol. The van der Waals surface area contributed by atoms with E-state index in [1.165, 1.54) is 24.9 Å². The fourth-order valence-corrected chi connectivity index (χ4v) is 3.86. The van der Waals surface area contributed by atoms with E-state index in [0.717, 1.165) is 25.9 Å². The molecule has 1 unspecified atom stereocenters.